The lowest BCUT2D eigenvalue weighted by Gasteiger charge is -2.43. The lowest BCUT2D eigenvalue weighted by Crippen LogP contribution is -2.50. The number of fused-ring (bicyclic) bond motifs is 5. The van der Waals surface area contributed by atoms with Crippen LogP contribution in [0.1, 0.15) is 34.1 Å². The monoisotopic (exact) mass is 558 g/mol. The first-order valence-corrected chi connectivity index (χ1v) is 13.0. The number of carbonyl (C=O) groups excluding carboxylic acids is 4. The van der Waals surface area contributed by atoms with Gasteiger partial charge in [0.2, 0.25) is 11.6 Å². The molecule has 0 aromatic heterocycles. The van der Waals surface area contributed by atoms with Crippen LogP contribution in [-0.2, 0) is 38.1 Å². The second-order valence-electron chi connectivity index (χ2n) is 10.2. The smallest absolute Gasteiger partial charge is 0.405 e. The molecule has 11 heteroatoms. The van der Waals surface area contributed by atoms with Crippen LogP contribution >= 0.6 is 0 Å². The Kier molecular flexibility index (Phi) is 10.2. The number of amides is 2. The van der Waals surface area contributed by atoms with E-state index in [4.69, 9.17) is 29.4 Å². The zero-order chi connectivity index (χ0) is 29.7. The fraction of sp³-hybridized carbons (Fsp3) is 0.517. The average Bonchev–Trinajstić information content (AvgIpc) is 2.90. The molecule has 3 N–H and O–H groups in total. The molecule has 2 heterocycles. The topological polar surface area (TPSA) is 152 Å². The van der Waals surface area contributed by atoms with Gasteiger partial charge in [0.15, 0.2) is 11.9 Å². The molecule has 0 radical (unpaired) electrons. The van der Waals surface area contributed by atoms with Gasteiger partial charge in [-0.25, -0.2) is 4.79 Å². The molecule has 218 valence electrons. The van der Waals surface area contributed by atoms with Crippen molar-refractivity contribution in [3.8, 4) is 0 Å². The highest BCUT2D eigenvalue weighted by Gasteiger charge is 2.45. The van der Waals surface area contributed by atoms with E-state index >= 15 is 0 Å². The van der Waals surface area contributed by atoms with Crippen molar-refractivity contribution >= 4 is 23.6 Å². The van der Waals surface area contributed by atoms with Crippen molar-refractivity contribution in [1.29, 1.82) is 0 Å². The Balaban J connectivity index is 2.19. The molecule has 3 rings (SSSR count). The zero-order valence-corrected chi connectivity index (χ0v) is 23.9. The molecule has 4 bridgehead atoms. The van der Waals surface area contributed by atoms with Gasteiger partial charge >= 0.3 is 6.09 Å². The van der Waals surface area contributed by atoms with Crippen LogP contribution in [0.15, 0.2) is 58.6 Å². The van der Waals surface area contributed by atoms with Crippen molar-refractivity contribution in [2.75, 3.05) is 21.3 Å². The van der Waals surface area contributed by atoms with Gasteiger partial charge < -0.3 is 34.7 Å². The summed E-state index contributed by atoms with van der Waals surface area (Å²) in [6, 6.07) is 0. The lowest BCUT2D eigenvalue weighted by atomic mass is 9.80. The number of primary amides is 1. The first-order chi connectivity index (χ1) is 18.9. The van der Waals surface area contributed by atoms with Crippen LogP contribution < -0.4 is 11.1 Å². The molecule has 1 saturated heterocycles. The number of methoxy groups -OCH3 is 3. The highest BCUT2D eigenvalue weighted by atomic mass is 16.6. The maximum absolute atomic E-state index is 13.7. The van der Waals surface area contributed by atoms with Crippen molar-refractivity contribution in [2.24, 2.45) is 17.6 Å². The van der Waals surface area contributed by atoms with Crippen LogP contribution in [0.3, 0.4) is 0 Å². The van der Waals surface area contributed by atoms with Crippen LogP contribution in [-0.4, -0.2) is 75.4 Å². The average molecular weight is 559 g/mol. The number of Topliss-reactive ketones (excluding diaryl/α,β-unsaturated/α-hetero) is 1. The normalized spacial score (nSPS) is 35.3. The van der Waals surface area contributed by atoms with E-state index in [9.17, 15) is 19.2 Å². The van der Waals surface area contributed by atoms with Gasteiger partial charge in [0, 0.05) is 31.8 Å². The first kappa shape index (κ1) is 31.0. The van der Waals surface area contributed by atoms with Crippen LogP contribution in [0.25, 0.3) is 0 Å². The first-order valence-electron chi connectivity index (χ1n) is 13.0. The van der Waals surface area contributed by atoms with Crippen molar-refractivity contribution in [3.63, 3.8) is 0 Å². The number of hydrogen-bond donors (Lipinski definition) is 2. The van der Waals surface area contributed by atoms with E-state index in [1.807, 2.05) is 19.9 Å². The maximum Gasteiger partial charge on any atom is 0.405 e. The fourth-order valence-electron chi connectivity index (χ4n) is 5.32. The van der Waals surface area contributed by atoms with Gasteiger partial charge in [-0.1, -0.05) is 38.2 Å². The summed E-state index contributed by atoms with van der Waals surface area (Å²) in [7, 11) is 4.36. The van der Waals surface area contributed by atoms with E-state index in [1.54, 1.807) is 33.1 Å². The minimum atomic E-state index is -0.974. The Labute approximate surface area is 234 Å². The third kappa shape index (κ3) is 6.60. The summed E-state index contributed by atoms with van der Waals surface area (Å²) in [6.45, 7) is 7.14. The van der Waals surface area contributed by atoms with Crippen molar-refractivity contribution in [2.45, 2.75) is 64.6 Å². The maximum atomic E-state index is 13.7. The number of rotatable bonds is 4. The number of hydrogen-bond acceptors (Lipinski definition) is 9. The van der Waals surface area contributed by atoms with Crippen LogP contribution in [0, 0.1) is 11.8 Å². The standard InChI is InChI=1S/C29H38N2O9/c1-14-9-8-10-20(36-5)24(40-29(30)35)15(2)11-16(3)25-21(37-6)12-17(4)26(39-25)22-23(33)18(31-28(14)34)13-19(32)27(22)38-7/h8-11,13,16-17,20-21,24-26H,12H2,1-7H3,(H2,30,35)(H,31,34)/b10-8+,14-9-,15-11+/t16-,17-,20-,21-,24-,25-,26?/m0/s1. The Morgan fingerprint density at radius 1 is 1.10 bits per heavy atom. The van der Waals surface area contributed by atoms with E-state index in [1.165, 1.54) is 20.3 Å². The van der Waals surface area contributed by atoms with Gasteiger partial charge in [-0.15, -0.1) is 0 Å². The van der Waals surface area contributed by atoms with Crippen molar-refractivity contribution < 1.29 is 42.9 Å². The van der Waals surface area contributed by atoms with Crippen LogP contribution in [0.5, 0.6) is 0 Å². The van der Waals surface area contributed by atoms with Gasteiger partial charge in [0.05, 0.1) is 36.7 Å². The molecule has 2 amide bonds. The van der Waals surface area contributed by atoms with Gasteiger partial charge in [0.1, 0.15) is 6.10 Å². The zero-order valence-electron chi connectivity index (χ0n) is 23.9. The summed E-state index contributed by atoms with van der Waals surface area (Å²) in [4.78, 5) is 51.4. The number of ketones is 2. The summed E-state index contributed by atoms with van der Waals surface area (Å²) >= 11 is 0. The molecule has 7 atom stereocenters. The quantitative estimate of drug-likeness (QED) is 0.391. The van der Waals surface area contributed by atoms with E-state index in [-0.39, 0.29) is 40.5 Å². The molecule has 2 aliphatic heterocycles. The highest BCUT2D eigenvalue weighted by molar-refractivity contribution is 6.23. The molecule has 0 aromatic rings. The Morgan fingerprint density at radius 2 is 1.80 bits per heavy atom. The van der Waals surface area contributed by atoms with E-state index in [0.717, 1.165) is 6.08 Å². The van der Waals surface area contributed by atoms with Gasteiger partial charge in [-0.3, -0.25) is 14.4 Å². The van der Waals surface area contributed by atoms with Gasteiger partial charge in [-0.2, -0.15) is 0 Å². The van der Waals surface area contributed by atoms with Crippen LogP contribution in [0.4, 0.5) is 4.79 Å². The second kappa shape index (κ2) is 13.2. The predicted molar refractivity (Wildman–Crippen MR) is 145 cm³/mol. The predicted octanol–water partition coefficient (Wildman–Crippen LogP) is 2.42. The molecule has 1 unspecified atom stereocenters. The van der Waals surface area contributed by atoms with Crippen molar-refractivity contribution in [3.05, 3.63) is 58.6 Å². The molecular formula is C29H38N2O9. The summed E-state index contributed by atoms with van der Waals surface area (Å²) in [5.74, 6) is -2.35. The SMILES string of the molecule is COC1=C2C(=O)C(=CC1=O)NC(=O)/C(C)=C\C=C\[C@H](OC)[C@@H](OC(N)=O)/C(C)=C/[C@H](C)[C@@H]1OC2[C@@H](C)C[C@@H]1OC. The molecule has 40 heavy (non-hydrogen) atoms. The number of allylic oxidation sites excluding steroid dienone is 4. The summed E-state index contributed by atoms with van der Waals surface area (Å²) < 4.78 is 28.7. The third-order valence-corrected chi connectivity index (χ3v) is 7.38. The van der Waals surface area contributed by atoms with Gasteiger partial charge in [-0.05, 0) is 31.8 Å². The number of nitrogens with one attached hydrogen (secondary N) is 1. The molecule has 0 saturated carbocycles. The molecule has 11 nitrogen and oxygen atoms in total. The van der Waals surface area contributed by atoms with E-state index in [2.05, 4.69) is 5.32 Å². The Hall–Kier alpha value is -3.54. The molecule has 1 fully saturated rings. The minimum absolute atomic E-state index is 0.0467. The fourth-order valence-corrected chi connectivity index (χ4v) is 5.32. The number of nitrogens with two attached hydrogens (primary N) is 1. The van der Waals surface area contributed by atoms with Gasteiger partial charge in [0.25, 0.3) is 5.91 Å². The molecule has 1 aliphatic carbocycles. The lowest BCUT2D eigenvalue weighted by molar-refractivity contribution is -0.155. The highest BCUT2D eigenvalue weighted by Crippen LogP contribution is 2.38. The van der Waals surface area contributed by atoms with E-state index < -0.39 is 48.0 Å². The minimum Gasteiger partial charge on any atom is -0.492 e. The largest absolute Gasteiger partial charge is 0.492 e. The van der Waals surface area contributed by atoms with Crippen LogP contribution in [0.2, 0.25) is 0 Å². The Bertz CT molecular complexity index is 1200. The summed E-state index contributed by atoms with van der Waals surface area (Å²) in [5, 5.41) is 2.55. The second-order valence-corrected chi connectivity index (χ2v) is 10.2. The molecule has 0 spiro atoms. The molecular weight excluding hydrogens is 520 g/mol. The summed E-state index contributed by atoms with van der Waals surface area (Å²) in [5.41, 5.74) is 6.15. The number of ether oxygens (including phenoxy) is 5. The molecule has 3 aliphatic rings. The molecule has 0 aromatic carbocycles. The Morgan fingerprint density at radius 3 is 2.40 bits per heavy atom. The van der Waals surface area contributed by atoms with Crippen molar-refractivity contribution in [1.82, 2.24) is 5.32 Å². The third-order valence-electron chi connectivity index (χ3n) is 7.38. The summed E-state index contributed by atoms with van der Waals surface area (Å²) in [6.07, 6.45) is 3.87. The number of carbonyl (C=O) groups is 4. The van der Waals surface area contributed by atoms with E-state index in [0.29, 0.717) is 12.0 Å².